The molecule has 8 heteroatoms. The van der Waals surface area contributed by atoms with Crippen LogP contribution in [0.3, 0.4) is 0 Å². The predicted octanol–water partition coefficient (Wildman–Crippen LogP) is 2.66. The van der Waals surface area contributed by atoms with Gasteiger partial charge in [0, 0.05) is 18.5 Å². The maximum absolute atomic E-state index is 11.6. The van der Waals surface area contributed by atoms with Crippen molar-refractivity contribution in [2.24, 2.45) is 0 Å². The number of rotatable bonds is 3. The average Bonchev–Trinajstić information content (AvgIpc) is 2.33. The van der Waals surface area contributed by atoms with Gasteiger partial charge < -0.3 is 5.32 Å². The molecule has 2 rings (SSSR count). The van der Waals surface area contributed by atoms with Gasteiger partial charge in [-0.1, -0.05) is 6.42 Å². The van der Waals surface area contributed by atoms with Crippen LogP contribution in [-0.2, 0) is 9.84 Å². The fraction of sp³-hybridized carbons (Fsp3) is 0.636. The maximum Gasteiger partial charge on any atom is 0.224 e. The van der Waals surface area contributed by atoms with Crippen LogP contribution in [0.4, 0.5) is 5.82 Å². The number of hydrogen-bond acceptors (Lipinski definition) is 5. The molecule has 1 unspecified atom stereocenters. The molecule has 19 heavy (non-hydrogen) atoms. The lowest BCUT2D eigenvalue weighted by Gasteiger charge is -2.29. The number of anilines is 1. The Morgan fingerprint density at radius 2 is 2.21 bits per heavy atom. The molecule has 5 nitrogen and oxygen atoms in total. The number of aromatic nitrogens is 2. The molecular weight excluding hydrogens is 354 g/mol. The van der Waals surface area contributed by atoms with E-state index in [4.69, 9.17) is 11.6 Å². The third kappa shape index (κ3) is 4.03. The van der Waals surface area contributed by atoms with Crippen LogP contribution in [0.1, 0.15) is 25.7 Å². The second-order valence-corrected chi connectivity index (χ2v) is 8.31. The minimum Gasteiger partial charge on any atom is -0.366 e. The highest BCUT2D eigenvalue weighted by molar-refractivity contribution is 9.10. The van der Waals surface area contributed by atoms with Crippen molar-refractivity contribution in [3.05, 3.63) is 16.0 Å². The zero-order valence-electron chi connectivity index (χ0n) is 10.4. The largest absolute Gasteiger partial charge is 0.366 e. The van der Waals surface area contributed by atoms with E-state index in [1.54, 1.807) is 6.20 Å². The summed E-state index contributed by atoms with van der Waals surface area (Å²) in [6, 6.07) is 0.0933. The molecule has 1 aromatic rings. The molecule has 0 bridgehead atoms. The number of halogens is 2. The average molecular weight is 369 g/mol. The molecule has 0 aromatic carbocycles. The summed E-state index contributed by atoms with van der Waals surface area (Å²) in [5.74, 6) is 0.610. The van der Waals surface area contributed by atoms with Gasteiger partial charge in [-0.05, 0) is 46.8 Å². The van der Waals surface area contributed by atoms with Crippen LogP contribution < -0.4 is 5.32 Å². The normalized spacial score (nSPS) is 24.2. The van der Waals surface area contributed by atoms with E-state index in [0.717, 1.165) is 23.7 Å². The minimum absolute atomic E-state index is 0.0933. The first-order chi connectivity index (χ1) is 8.86. The lowest BCUT2D eigenvalue weighted by atomic mass is 9.95. The first-order valence-electron chi connectivity index (χ1n) is 5.99. The van der Waals surface area contributed by atoms with E-state index >= 15 is 0 Å². The Bertz CT molecular complexity index is 567. The van der Waals surface area contributed by atoms with E-state index in [9.17, 15) is 8.42 Å². The molecule has 0 radical (unpaired) electrons. The lowest BCUT2D eigenvalue weighted by Crippen LogP contribution is -2.34. The van der Waals surface area contributed by atoms with Gasteiger partial charge in [0.1, 0.15) is 15.7 Å². The fourth-order valence-corrected chi connectivity index (χ4v) is 3.92. The summed E-state index contributed by atoms with van der Waals surface area (Å²) in [6.07, 6.45) is 6.05. The van der Waals surface area contributed by atoms with E-state index in [-0.39, 0.29) is 16.6 Å². The molecular formula is C11H15BrClN3O2S. The monoisotopic (exact) mass is 367 g/mol. The van der Waals surface area contributed by atoms with Crippen molar-refractivity contribution in [1.82, 2.24) is 9.97 Å². The molecule has 0 aliphatic heterocycles. The van der Waals surface area contributed by atoms with Crippen LogP contribution in [0, 0.1) is 0 Å². The Balaban J connectivity index is 2.09. The second-order valence-electron chi connectivity index (χ2n) is 4.79. The van der Waals surface area contributed by atoms with Gasteiger partial charge in [-0.15, -0.1) is 0 Å². The Morgan fingerprint density at radius 3 is 2.89 bits per heavy atom. The fourth-order valence-electron chi connectivity index (χ4n) is 2.31. The molecule has 1 N–H and O–H groups in total. The molecule has 2 atom stereocenters. The minimum atomic E-state index is -2.98. The number of sulfone groups is 1. The van der Waals surface area contributed by atoms with Crippen LogP contribution >= 0.6 is 27.5 Å². The summed E-state index contributed by atoms with van der Waals surface area (Å²) in [7, 11) is -2.98. The van der Waals surface area contributed by atoms with Crippen LogP contribution in [-0.4, -0.2) is 35.9 Å². The topological polar surface area (TPSA) is 72.0 Å². The molecule has 0 amide bonds. The second kappa shape index (κ2) is 5.93. The first-order valence-corrected chi connectivity index (χ1v) is 9.12. The van der Waals surface area contributed by atoms with E-state index in [1.165, 1.54) is 6.26 Å². The van der Waals surface area contributed by atoms with Crippen LogP contribution in [0.5, 0.6) is 0 Å². The third-order valence-corrected chi connectivity index (χ3v) is 5.69. The quantitative estimate of drug-likeness (QED) is 0.830. The summed E-state index contributed by atoms with van der Waals surface area (Å²) < 4.78 is 24.0. The van der Waals surface area contributed by atoms with Crippen molar-refractivity contribution in [3.63, 3.8) is 0 Å². The van der Waals surface area contributed by atoms with E-state index in [2.05, 4.69) is 31.2 Å². The van der Waals surface area contributed by atoms with E-state index in [0.29, 0.717) is 12.2 Å². The molecule has 1 saturated carbocycles. The Morgan fingerprint density at radius 1 is 1.47 bits per heavy atom. The van der Waals surface area contributed by atoms with Crippen LogP contribution in [0.15, 0.2) is 10.7 Å². The zero-order valence-corrected chi connectivity index (χ0v) is 13.6. The maximum atomic E-state index is 11.6. The standard InChI is InChI=1S/C11H15BrClN3O2S/c1-19(17,18)8-4-2-3-7(5-8)15-10-9(12)6-14-11(13)16-10/h6-8H,2-5H2,1H3,(H,14,15,16)/t7?,8-/m0/s1. The Labute approximate surface area is 126 Å². The molecule has 1 heterocycles. The first kappa shape index (κ1) is 15.0. The van der Waals surface area contributed by atoms with Crippen molar-refractivity contribution in [2.75, 3.05) is 11.6 Å². The van der Waals surface area contributed by atoms with Gasteiger partial charge in [0.05, 0.1) is 9.72 Å². The van der Waals surface area contributed by atoms with Gasteiger partial charge in [0.2, 0.25) is 5.28 Å². The van der Waals surface area contributed by atoms with Crippen molar-refractivity contribution >= 4 is 43.2 Å². The number of hydrogen-bond donors (Lipinski definition) is 1. The number of nitrogens with one attached hydrogen (secondary N) is 1. The molecule has 1 aliphatic rings. The molecule has 106 valence electrons. The van der Waals surface area contributed by atoms with Crippen molar-refractivity contribution < 1.29 is 8.42 Å². The summed E-state index contributed by atoms with van der Waals surface area (Å²) in [5, 5.41) is 3.14. The van der Waals surface area contributed by atoms with Crippen molar-refractivity contribution in [3.8, 4) is 0 Å². The zero-order chi connectivity index (χ0) is 14.0. The Hall–Kier alpha value is -0.400. The van der Waals surface area contributed by atoms with Gasteiger partial charge in [-0.3, -0.25) is 0 Å². The summed E-state index contributed by atoms with van der Waals surface area (Å²) in [6.45, 7) is 0. The van der Waals surface area contributed by atoms with Gasteiger partial charge in [-0.2, -0.15) is 4.98 Å². The van der Waals surface area contributed by atoms with Gasteiger partial charge in [-0.25, -0.2) is 13.4 Å². The SMILES string of the molecule is CS(=O)(=O)[C@H]1CCCC(Nc2nc(Cl)ncc2Br)C1. The number of nitrogens with zero attached hydrogens (tertiary/aromatic N) is 2. The third-order valence-electron chi connectivity index (χ3n) is 3.29. The summed E-state index contributed by atoms with van der Waals surface area (Å²) in [4.78, 5) is 7.96. The van der Waals surface area contributed by atoms with Crippen molar-refractivity contribution in [1.29, 1.82) is 0 Å². The lowest BCUT2D eigenvalue weighted by molar-refractivity contribution is 0.452. The van der Waals surface area contributed by atoms with E-state index in [1.807, 2.05) is 0 Å². The molecule has 1 aliphatic carbocycles. The Kier molecular flexibility index (Phi) is 4.68. The van der Waals surface area contributed by atoms with Gasteiger partial charge in [0.25, 0.3) is 0 Å². The smallest absolute Gasteiger partial charge is 0.224 e. The molecule has 1 aromatic heterocycles. The van der Waals surface area contributed by atoms with Crippen molar-refractivity contribution in [2.45, 2.75) is 37.0 Å². The summed E-state index contributed by atoms with van der Waals surface area (Å²) in [5.41, 5.74) is 0. The molecule has 0 saturated heterocycles. The van der Waals surface area contributed by atoms with Crippen LogP contribution in [0.25, 0.3) is 0 Å². The van der Waals surface area contributed by atoms with Gasteiger partial charge in [0.15, 0.2) is 0 Å². The van der Waals surface area contributed by atoms with Crippen LogP contribution in [0.2, 0.25) is 5.28 Å². The highest BCUT2D eigenvalue weighted by Crippen LogP contribution is 2.28. The van der Waals surface area contributed by atoms with E-state index < -0.39 is 9.84 Å². The highest BCUT2D eigenvalue weighted by atomic mass is 79.9. The summed E-state index contributed by atoms with van der Waals surface area (Å²) >= 11 is 9.10. The predicted molar refractivity (Wildman–Crippen MR) is 79.3 cm³/mol. The molecule has 1 fully saturated rings. The van der Waals surface area contributed by atoms with Gasteiger partial charge >= 0.3 is 0 Å². The molecule has 0 spiro atoms. The highest BCUT2D eigenvalue weighted by Gasteiger charge is 2.29.